The number of halogens is 1. The van der Waals surface area contributed by atoms with Gasteiger partial charge in [-0.3, -0.25) is 4.79 Å². The van der Waals surface area contributed by atoms with Crippen LogP contribution < -0.4 is 25.0 Å². The molecule has 1 amide bonds. The normalized spacial score (nSPS) is 23.7. The first-order chi connectivity index (χ1) is 16.0. The van der Waals surface area contributed by atoms with Crippen molar-refractivity contribution in [1.29, 1.82) is 0 Å². The molecule has 1 saturated heterocycles. The van der Waals surface area contributed by atoms with Crippen LogP contribution >= 0.6 is 0 Å². The standard InChI is InChI=1S/C22H26FN5O5/c1-31-21-15-7-12(6-14(15)16(23)9-25-21)8-24-5-4-13-10-28(22(30)33-13)18-3-2-17-20(26-18)27-19(29)11-32-17/h2-3,9,12-13,22,24,30H,4-8,10-11H2,1H3,(H,26,27,29). The lowest BCUT2D eigenvalue weighted by molar-refractivity contribution is -0.118. The number of amides is 1. The fraction of sp³-hybridized carbons (Fsp3) is 0.500. The lowest BCUT2D eigenvalue weighted by atomic mass is 10.1. The van der Waals surface area contributed by atoms with Gasteiger partial charge in [0.15, 0.2) is 18.2 Å². The van der Waals surface area contributed by atoms with Gasteiger partial charge in [0, 0.05) is 5.56 Å². The second kappa shape index (κ2) is 9.08. The summed E-state index contributed by atoms with van der Waals surface area (Å²) in [6.07, 6.45) is 2.00. The van der Waals surface area contributed by atoms with Gasteiger partial charge in [0.05, 0.1) is 26.0 Å². The highest BCUT2D eigenvalue weighted by atomic mass is 19.1. The van der Waals surface area contributed by atoms with E-state index < -0.39 is 6.41 Å². The minimum absolute atomic E-state index is 0.0368. The molecule has 5 rings (SSSR count). The van der Waals surface area contributed by atoms with Crippen molar-refractivity contribution in [3.63, 3.8) is 0 Å². The van der Waals surface area contributed by atoms with Crippen LogP contribution in [-0.2, 0) is 22.4 Å². The number of pyridine rings is 2. The average molecular weight is 459 g/mol. The summed E-state index contributed by atoms with van der Waals surface area (Å²) in [4.78, 5) is 21.6. The smallest absolute Gasteiger partial charge is 0.263 e. The molecule has 176 valence electrons. The number of ether oxygens (including phenoxy) is 3. The van der Waals surface area contributed by atoms with Gasteiger partial charge in [-0.2, -0.15) is 0 Å². The number of nitrogens with zero attached hydrogens (tertiary/aromatic N) is 3. The Morgan fingerprint density at radius 1 is 1.36 bits per heavy atom. The summed E-state index contributed by atoms with van der Waals surface area (Å²) in [5.41, 5.74) is 1.56. The van der Waals surface area contributed by atoms with E-state index in [0.717, 1.165) is 18.5 Å². The van der Waals surface area contributed by atoms with Crippen LogP contribution in [0.25, 0.3) is 0 Å². The maximum Gasteiger partial charge on any atom is 0.263 e. The van der Waals surface area contributed by atoms with Gasteiger partial charge >= 0.3 is 0 Å². The van der Waals surface area contributed by atoms with Crippen molar-refractivity contribution in [3.8, 4) is 11.6 Å². The molecule has 3 N–H and O–H groups in total. The van der Waals surface area contributed by atoms with E-state index in [1.54, 1.807) is 24.1 Å². The Labute approximate surface area is 190 Å². The number of rotatable bonds is 7. The van der Waals surface area contributed by atoms with Gasteiger partial charge in [-0.15, -0.1) is 0 Å². The van der Waals surface area contributed by atoms with Gasteiger partial charge in [0.25, 0.3) is 5.91 Å². The third-order valence-electron chi connectivity index (χ3n) is 6.20. The van der Waals surface area contributed by atoms with Crippen molar-refractivity contribution >= 4 is 17.5 Å². The predicted octanol–water partition coefficient (Wildman–Crippen LogP) is 0.831. The highest BCUT2D eigenvalue weighted by molar-refractivity contribution is 5.94. The van der Waals surface area contributed by atoms with Gasteiger partial charge < -0.3 is 34.9 Å². The van der Waals surface area contributed by atoms with Gasteiger partial charge in [0.1, 0.15) is 11.6 Å². The Kier molecular flexibility index (Phi) is 6.00. The van der Waals surface area contributed by atoms with Gasteiger partial charge in [-0.1, -0.05) is 0 Å². The minimum Gasteiger partial charge on any atom is -0.481 e. The van der Waals surface area contributed by atoms with E-state index in [4.69, 9.17) is 14.2 Å². The molecule has 3 unspecified atom stereocenters. The van der Waals surface area contributed by atoms with Crippen LogP contribution in [0.2, 0.25) is 0 Å². The Hall–Kier alpha value is -3.02. The number of hydrogen-bond acceptors (Lipinski definition) is 9. The SMILES string of the molecule is COc1ncc(F)c2c1CC(CNCCC1CN(c3ccc4c(n3)NC(=O)CO4)C(O)O1)C2. The first-order valence-electron chi connectivity index (χ1n) is 11.0. The molecule has 0 saturated carbocycles. The van der Waals surface area contributed by atoms with Gasteiger partial charge in [-0.05, 0) is 56.0 Å². The van der Waals surface area contributed by atoms with Crippen LogP contribution in [0.3, 0.4) is 0 Å². The number of carbonyl (C=O) groups excluding carboxylic acids is 1. The van der Waals surface area contributed by atoms with E-state index in [-0.39, 0.29) is 30.4 Å². The lowest BCUT2D eigenvalue weighted by Gasteiger charge is -2.22. The van der Waals surface area contributed by atoms with Crippen molar-refractivity contribution < 1.29 is 28.5 Å². The lowest BCUT2D eigenvalue weighted by Crippen LogP contribution is -2.32. The van der Waals surface area contributed by atoms with Crippen LogP contribution in [0.1, 0.15) is 17.5 Å². The molecule has 10 nitrogen and oxygen atoms in total. The number of fused-ring (bicyclic) bond motifs is 2. The van der Waals surface area contributed by atoms with Crippen molar-refractivity contribution in [2.75, 3.05) is 43.6 Å². The van der Waals surface area contributed by atoms with E-state index in [1.165, 1.54) is 6.20 Å². The number of nitrogens with one attached hydrogen (secondary N) is 2. The monoisotopic (exact) mass is 459 g/mol. The molecule has 2 aromatic rings. The third-order valence-corrected chi connectivity index (χ3v) is 6.20. The maximum atomic E-state index is 14.1. The summed E-state index contributed by atoms with van der Waals surface area (Å²) in [6, 6.07) is 3.44. The number of aliphatic hydroxyl groups excluding tert-OH is 1. The van der Waals surface area contributed by atoms with E-state index in [9.17, 15) is 14.3 Å². The van der Waals surface area contributed by atoms with Crippen LogP contribution in [0, 0.1) is 11.7 Å². The number of methoxy groups -OCH3 is 1. The zero-order valence-corrected chi connectivity index (χ0v) is 18.2. The largest absolute Gasteiger partial charge is 0.481 e. The van der Waals surface area contributed by atoms with Crippen LogP contribution in [-0.4, -0.2) is 66.9 Å². The number of carbonyl (C=O) groups is 1. The van der Waals surface area contributed by atoms with Crippen LogP contribution in [0.5, 0.6) is 11.6 Å². The Bertz CT molecular complexity index is 1050. The molecule has 0 aromatic carbocycles. The fourth-order valence-corrected chi connectivity index (χ4v) is 4.59. The summed E-state index contributed by atoms with van der Waals surface area (Å²) < 4.78 is 30.3. The van der Waals surface area contributed by atoms with Crippen molar-refractivity contribution in [3.05, 3.63) is 35.3 Å². The molecular weight excluding hydrogens is 433 g/mol. The molecule has 3 atom stereocenters. The third kappa shape index (κ3) is 4.43. The Morgan fingerprint density at radius 2 is 2.21 bits per heavy atom. The maximum absolute atomic E-state index is 14.1. The highest BCUT2D eigenvalue weighted by Crippen LogP contribution is 2.34. The van der Waals surface area contributed by atoms with Crippen molar-refractivity contribution in [2.45, 2.75) is 31.8 Å². The molecule has 3 aliphatic rings. The predicted molar refractivity (Wildman–Crippen MR) is 116 cm³/mol. The van der Waals surface area contributed by atoms with E-state index in [0.29, 0.717) is 54.8 Å². The summed E-state index contributed by atoms with van der Waals surface area (Å²) >= 11 is 0. The second-order valence-corrected chi connectivity index (χ2v) is 8.43. The van der Waals surface area contributed by atoms with E-state index in [2.05, 4.69) is 20.6 Å². The molecular formula is C22H26FN5O5. The van der Waals surface area contributed by atoms with Gasteiger partial charge in [0.2, 0.25) is 12.3 Å². The van der Waals surface area contributed by atoms with Crippen molar-refractivity contribution in [2.24, 2.45) is 5.92 Å². The summed E-state index contributed by atoms with van der Waals surface area (Å²) in [5.74, 6) is 1.56. The highest BCUT2D eigenvalue weighted by Gasteiger charge is 2.33. The van der Waals surface area contributed by atoms with Crippen molar-refractivity contribution in [1.82, 2.24) is 15.3 Å². The number of anilines is 2. The van der Waals surface area contributed by atoms with E-state index >= 15 is 0 Å². The molecule has 33 heavy (non-hydrogen) atoms. The molecule has 0 radical (unpaired) electrons. The Balaban J connectivity index is 1.10. The molecule has 11 heteroatoms. The molecule has 1 aliphatic carbocycles. The summed E-state index contributed by atoms with van der Waals surface area (Å²) in [7, 11) is 1.55. The quantitative estimate of drug-likeness (QED) is 0.518. The van der Waals surface area contributed by atoms with Crippen LogP contribution in [0.4, 0.5) is 16.0 Å². The molecule has 2 aromatic heterocycles. The topological polar surface area (TPSA) is 118 Å². The fourth-order valence-electron chi connectivity index (χ4n) is 4.59. The Morgan fingerprint density at radius 3 is 3.06 bits per heavy atom. The molecule has 0 bridgehead atoms. The molecule has 4 heterocycles. The first kappa shape index (κ1) is 21.8. The zero-order chi connectivity index (χ0) is 22.9. The minimum atomic E-state index is -1.12. The number of aliphatic hydroxyl groups is 1. The first-order valence-corrected chi connectivity index (χ1v) is 11.0. The summed E-state index contributed by atoms with van der Waals surface area (Å²) in [6.45, 7) is 1.86. The van der Waals surface area contributed by atoms with E-state index in [1.807, 2.05) is 0 Å². The molecule has 0 spiro atoms. The molecule has 1 fully saturated rings. The second-order valence-electron chi connectivity index (χ2n) is 8.43. The number of aromatic nitrogens is 2. The van der Waals surface area contributed by atoms with Gasteiger partial charge in [-0.25, -0.2) is 14.4 Å². The zero-order valence-electron chi connectivity index (χ0n) is 18.2. The van der Waals surface area contributed by atoms with Crippen LogP contribution in [0.15, 0.2) is 18.3 Å². The average Bonchev–Trinajstić information content (AvgIpc) is 3.40. The number of hydrogen-bond donors (Lipinski definition) is 3. The molecule has 2 aliphatic heterocycles. The summed E-state index contributed by atoms with van der Waals surface area (Å²) in [5, 5.41) is 16.4.